The third-order valence-corrected chi connectivity index (χ3v) is 4.22. The molecule has 1 fully saturated rings. The first-order chi connectivity index (χ1) is 12.5. The Balaban J connectivity index is 1.57. The molecular formula is C20H19FO5. The van der Waals surface area contributed by atoms with Crippen molar-refractivity contribution < 1.29 is 28.2 Å². The van der Waals surface area contributed by atoms with Crippen molar-refractivity contribution in [3.63, 3.8) is 0 Å². The van der Waals surface area contributed by atoms with Crippen molar-refractivity contribution in [1.29, 1.82) is 0 Å². The second-order valence-corrected chi connectivity index (χ2v) is 6.28. The normalized spacial score (nSPS) is 24.8. The van der Waals surface area contributed by atoms with E-state index >= 15 is 0 Å². The molecule has 3 unspecified atom stereocenters. The third kappa shape index (κ3) is 3.91. The summed E-state index contributed by atoms with van der Waals surface area (Å²) in [5.41, 5.74) is -0.726. The van der Waals surface area contributed by atoms with Crippen molar-refractivity contribution in [3.05, 3.63) is 71.8 Å². The molecule has 0 saturated carbocycles. The van der Waals surface area contributed by atoms with E-state index in [-0.39, 0.29) is 13.2 Å². The van der Waals surface area contributed by atoms with Crippen LogP contribution in [0.3, 0.4) is 0 Å². The molecule has 2 aromatic rings. The Morgan fingerprint density at radius 3 is 2.15 bits per heavy atom. The van der Waals surface area contributed by atoms with Gasteiger partial charge in [0.2, 0.25) is 0 Å². The van der Waals surface area contributed by atoms with Crippen LogP contribution in [0, 0.1) is 0 Å². The Hall–Kier alpha value is -2.73. The first-order valence-corrected chi connectivity index (χ1v) is 8.26. The largest absolute Gasteiger partial charge is 0.459 e. The van der Waals surface area contributed by atoms with Gasteiger partial charge in [0.15, 0.2) is 11.8 Å². The van der Waals surface area contributed by atoms with Gasteiger partial charge >= 0.3 is 11.9 Å². The number of alkyl halides is 1. The maximum atomic E-state index is 14.8. The average molecular weight is 358 g/mol. The van der Waals surface area contributed by atoms with Gasteiger partial charge in [-0.05, 0) is 31.2 Å². The van der Waals surface area contributed by atoms with Crippen molar-refractivity contribution in [2.75, 3.05) is 13.2 Å². The first kappa shape index (κ1) is 18.1. The number of carbonyl (C=O) groups excluding carboxylic acids is 2. The molecule has 0 amide bonds. The van der Waals surface area contributed by atoms with E-state index in [4.69, 9.17) is 14.2 Å². The second-order valence-electron chi connectivity index (χ2n) is 6.28. The monoisotopic (exact) mass is 358 g/mol. The Kier molecular flexibility index (Phi) is 5.32. The number of carbonyl (C=O) groups is 2. The minimum absolute atomic E-state index is 0.111. The fourth-order valence-corrected chi connectivity index (χ4v) is 2.71. The molecule has 6 heteroatoms. The molecule has 2 aromatic carbocycles. The summed E-state index contributed by atoms with van der Waals surface area (Å²) in [6.07, 6.45) is -2.60. The van der Waals surface area contributed by atoms with Crippen molar-refractivity contribution in [2.45, 2.75) is 24.8 Å². The molecule has 3 atom stereocenters. The van der Waals surface area contributed by atoms with Crippen LogP contribution in [-0.2, 0) is 14.2 Å². The van der Waals surface area contributed by atoms with E-state index in [9.17, 15) is 14.0 Å². The highest BCUT2D eigenvalue weighted by Crippen LogP contribution is 2.32. The van der Waals surface area contributed by atoms with Gasteiger partial charge < -0.3 is 14.2 Å². The number of hydrogen-bond acceptors (Lipinski definition) is 5. The van der Waals surface area contributed by atoms with Gasteiger partial charge in [-0.1, -0.05) is 36.4 Å². The highest BCUT2D eigenvalue weighted by molar-refractivity contribution is 5.90. The lowest BCUT2D eigenvalue weighted by molar-refractivity contribution is -0.0366. The zero-order valence-corrected chi connectivity index (χ0v) is 14.3. The summed E-state index contributed by atoms with van der Waals surface area (Å²) in [7, 11) is 0. The Labute approximate surface area is 150 Å². The fourth-order valence-electron chi connectivity index (χ4n) is 2.71. The number of hydrogen-bond donors (Lipinski definition) is 0. The molecule has 3 rings (SSSR count). The SMILES string of the molecule is CC1(OC(=O)c2ccccc2)COC(COC(=O)c2ccccc2)C1F. The minimum Gasteiger partial charge on any atom is -0.459 e. The van der Waals surface area contributed by atoms with Crippen LogP contribution in [0.25, 0.3) is 0 Å². The lowest BCUT2D eigenvalue weighted by atomic mass is 10.00. The highest BCUT2D eigenvalue weighted by Gasteiger charge is 2.51. The number of halogens is 1. The standard InChI is InChI=1S/C20H19FO5/c1-20(26-19(23)15-10-6-3-7-11-15)13-25-16(17(20)21)12-24-18(22)14-8-4-2-5-9-14/h2-11,16-17H,12-13H2,1H3. The molecule has 136 valence electrons. The number of esters is 2. The van der Waals surface area contributed by atoms with Crippen LogP contribution in [0.15, 0.2) is 60.7 Å². The zero-order valence-electron chi connectivity index (χ0n) is 14.3. The number of benzene rings is 2. The van der Waals surface area contributed by atoms with E-state index in [1.807, 2.05) is 0 Å². The average Bonchev–Trinajstić information content (AvgIpc) is 2.95. The van der Waals surface area contributed by atoms with Gasteiger partial charge in [-0.2, -0.15) is 0 Å². The zero-order chi connectivity index (χ0) is 18.6. The van der Waals surface area contributed by atoms with Gasteiger partial charge in [-0.25, -0.2) is 14.0 Å². The molecule has 1 saturated heterocycles. The number of rotatable bonds is 5. The van der Waals surface area contributed by atoms with E-state index in [1.165, 1.54) is 6.92 Å². The van der Waals surface area contributed by atoms with Crippen LogP contribution in [0.2, 0.25) is 0 Å². The summed E-state index contributed by atoms with van der Waals surface area (Å²) in [6, 6.07) is 16.8. The molecule has 1 aliphatic rings. The molecular weight excluding hydrogens is 339 g/mol. The molecule has 5 nitrogen and oxygen atoms in total. The van der Waals surface area contributed by atoms with Gasteiger partial charge in [0, 0.05) is 0 Å². The molecule has 0 spiro atoms. The Bertz CT molecular complexity index is 764. The molecule has 0 aliphatic carbocycles. The van der Waals surface area contributed by atoms with E-state index in [0.717, 1.165) is 0 Å². The molecule has 0 radical (unpaired) electrons. The molecule has 0 N–H and O–H groups in total. The number of ether oxygens (including phenoxy) is 3. The molecule has 1 heterocycles. The fraction of sp³-hybridized carbons (Fsp3) is 0.300. The van der Waals surface area contributed by atoms with Crippen LogP contribution in [0.4, 0.5) is 4.39 Å². The first-order valence-electron chi connectivity index (χ1n) is 8.26. The maximum Gasteiger partial charge on any atom is 0.338 e. The van der Waals surface area contributed by atoms with Crippen LogP contribution in [0.5, 0.6) is 0 Å². The van der Waals surface area contributed by atoms with Crippen LogP contribution in [0.1, 0.15) is 27.6 Å². The Morgan fingerprint density at radius 2 is 1.58 bits per heavy atom. The van der Waals surface area contributed by atoms with Crippen molar-refractivity contribution in [2.24, 2.45) is 0 Å². The van der Waals surface area contributed by atoms with Gasteiger partial charge in [0.25, 0.3) is 0 Å². The summed E-state index contributed by atoms with van der Waals surface area (Å²) in [4.78, 5) is 24.1. The predicted molar refractivity (Wildman–Crippen MR) is 91.6 cm³/mol. The Morgan fingerprint density at radius 1 is 1.04 bits per heavy atom. The van der Waals surface area contributed by atoms with Gasteiger partial charge in [-0.3, -0.25) is 0 Å². The summed E-state index contributed by atoms with van der Waals surface area (Å²) in [5, 5.41) is 0. The minimum atomic E-state index is -1.61. The van der Waals surface area contributed by atoms with Crippen molar-refractivity contribution in [1.82, 2.24) is 0 Å². The van der Waals surface area contributed by atoms with E-state index in [2.05, 4.69) is 0 Å². The maximum absolute atomic E-state index is 14.8. The third-order valence-electron chi connectivity index (χ3n) is 4.22. The van der Waals surface area contributed by atoms with Gasteiger partial charge in [-0.15, -0.1) is 0 Å². The van der Waals surface area contributed by atoms with Crippen LogP contribution < -0.4 is 0 Å². The molecule has 0 aromatic heterocycles. The predicted octanol–water partition coefficient (Wildman–Crippen LogP) is 3.20. The molecule has 0 bridgehead atoms. The molecule has 1 aliphatic heterocycles. The van der Waals surface area contributed by atoms with Crippen LogP contribution in [-0.4, -0.2) is 43.0 Å². The van der Waals surface area contributed by atoms with E-state index in [1.54, 1.807) is 60.7 Å². The summed E-state index contributed by atoms with van der Waals surface area (Å²) >= 11 is 0. The van der Waals surface area contributed by atoms with E-state index in [0.29, 0.717) is 11.1 Å². The topological polar surface area (TPSA) is 61.8 Å². The summed E-state index contributed by atoms with van der Waals surface area (Å²) < 4.78 is 30.6. The summed E-state index contributed by atoms with van der Waals surface area (Å²) in [5.74, 6) is -1.18. The summed E-state index contributed by atoms with van der Waals surface area (Å²) in [6.45, 7) is 1.10. The molecule has 26 heavy (non-hydrogen) atoms. The van der Waals surface area contributed by atoms with Gasteiger partial charge in [0.1, 0.15) is 12.7 Å². The lowest BCUT2D eigenvalue weighted by Gasteiger charge is -2.26. The lowest BCUT2D eigenvalue weighted by Crippen LogP contribution is -2.43. The second kappa shape index (κ2) is 7.66. The van der Waals surface area contributed by atoms with Crippen LogP contribution >= 0.6 is 0 Å². The van der Waals surface area contributed by atoms with Gasteiger partial charge in [0.05, 0.1) is 17.7 Å². The van der Waals surface area contributed by atoms with E-state index < -0.39 is 29.8 Å². The quantitative estimate of drug-likeness (QED) is 0.768. The smallest absolute Gasteiger partial charge is 0.338 e. The van der Waals surface area contributed by atoms with Crippen molar-refractivity contribution >= 4 is 11.9 Å². The van der Waals surface area contributed by atoms with Crippen molar-refractivity contribution in [3.8, 4) is 0 Å². The highest BCUT2D eigenvalue weighted by atomic mass is 19.1.